The molecule has 2 rings (SSSR count). The summed E-state index contributed by atoms with van der Waals surface area (Å²) < 4.78 is 0. The number of nitrogens with one attached hydrogen (secondary N) is 1. The Morgan fingerprint density at radius 1 is 1.07 bits per heavy atom. The Morgan fingerprint density at radius 3 is 2.30 bits per heavy atom. The normalized spacial score (nSPS) is 12.9. The molecule has 2 aromatic carbocycles. The Kier molecular flexibility index (Phi) is 8.75. The van der Waals surface area contributed by atoms with Gasteiger partial charge in [0.15, 0.2) is 0 Å². The molecule has 0 spiro atoms. The molecular weight excluding hydrogens is 419 g/mol. The highest BCUT2D eigenvalue weighted by molar-refractivity contribution is 6.36. The van der Waals surface area contributed by atoms with E-state index in [2.05, 4.69) is 5.32 Å². The molecule has 6 heteroatoms. The van der Waals surface area contributed by atoms with E-state index >= 15 is 0 Å². The fourth-order valence-corrected chi connectivity index (χ4v) is 3.67. The third kappa shape index (κ3) is 6.23. The monoisotopic (exact) mass is 448 g/mol. The minimum absolute atomic E-state index is 0.0276. The fraction of sp³-hybridized carbons (Fsp3) is 0.417. The maximum absolute atomic E-state index is 13.4. The Bertz CT molecular complexity index is 894. The fourth-order valence-electron chi connectivity index (χ4n) is 3.16. The maximum Gasteiger partial charge on any atom is 0.242 e. The topological polar surface area (TPSA) is 49.4 Å². The summed E-state index contributed by atoms with van der Waals surface area (Å²) >= 11 is 12.7. The molecular formula is C24H30Cl2N2O2. The van der Waals surface area contributed by atoms with Crippen LogP contribution < -0.4 is 5.32 Å². The Morgan fingerprint density at radius 2 is 1.70 bits per heavy atom. The average Bonchev–Trinajstić information content (AvgIpc) is 2.69. The van der Waals surface area contributed by atoms with Crippen LogP contribution in [-0.2, 0) is 22.6 Å². The van der Waals surface area contributed by atoms with Gasteiger partial charge in [-0.1, -0.05) is 60.0 Å². The first-order chi connectivity index (χ1) is 14.1. The predicted molar refractivity (Wildman–Crippen MR) is 124 cm³/mol. The van der Waals surface area contributed by atoms with Crippen LogP contribution in [-0.4, -0.2) is 28.8 Å². The van der Waals surface area contributed by atoms with Crippen molar-refractivity contribution in [2.24, 2.45) is 0 Å². The highest BCUT2D eigenvalue weighted by atomic mass is 35.5. The average molecular weight is 449 g/mol. The van der Waals surface area contributed by atoms with Crippen LogP contribution in [0.3, 0.4) is 0 Å². The first-order valence-electron chi connectivity index (χ1n) is 10.2. The van der Waals surface area contributed by atoms with Crippen LogP contribution in [0.15, 0.2) is 36.4 Å². The summed E-state index contributed by atoms with van der Waals surface area (Å²) in [5, 5.41) is 3.91. The standard InChI is InChI=1S/C24H30Cl2N2O2/c1-6-17(4)27-24(30)18(5)28(14-20-21(25)8-7-9-22(20)26)23(29)13-19-12-15(2)10-11-16(19)3/h7-12,17-18H,6,13-14H2,1-5H3,(H,27,30)/t17-,18+/m0/s1. The summed E-state index contributed by atoms with van der Waals surface area (Å²) in [6.45, 7) is 9.83. The number of hydrogen-bond acceptors (Lipinski definition) is 2. The molecule has 0 aliphatic carbocycles. The zero-order valence-electron chi connectivity index (χ0n) is 18.3. The van der Waals surface area contributed by atoms with Crippen molar-refractivity contribution in [2.75, 3.05) is 0 Å². The largest absolute Gasteiger partial charge is 0.352 e. The summed E-state index contributed by atoms with van der Waals surface area (Å²) in [4.78, 5) is 27.7. The van der Waals surface area contributed by atoms with Crippen molar-refractivity contribution in [1.82, 2.24) is 10.2 Å². The van der Waals surface area contributed by atoms with E-state index in [1.807, 2.05) is 45.9 Å². The van der Waals surface area contributed by atoms with Gasteiger partial charge in [0, 0.05) is 28.2 Å². The Hall–Kier alpha value is -2.04. The zero-order valence-corrected chi connectivity index (χ0v) is 19.8. The van der Waals surface area contributed by atoms with Crippen LogP contribution in [0.25, 0.3) is 0 Å². The summed E-state index contributed by atoms with van der Waals surface area (Å²) in [6.07, 6.45) is 1.02. The molecule has 0 unspecified atom stereocenters. The number of benzene rings is 2. The second kappa shape index (κ2) is 10.8. The number of halogens is 2. The number of aryl methyl sites for hydroxylation is 2. The number of carbonyl (C=O) groups excluding carboxylic acids is 2. The van der Waals surface area contributed by atoms with Crippen LogP contribution in [0.5, 0.6) is 0 Å². The van der Waals surface area contributed by atoms with E-state index in [-0.39, 0.29) is 30.8 Å². The third-order valence-electron chi connectivity index (χ3n) is 5.40. The molecule has 0 saturated carbocycles. The van der Waals surface area contributed by atoms with Crippen molar-refractivity contribution < 1.29 is 9.59 Å². The third-order valence-corrected chi connectivity index (χ3v) is 6.11. The molecule has 0 aromatic heterocycles. The van der Waals surface area contributed by atoms with Crippen LogP contribution in [0, 0.1) is 13.8 Å². The van der Waals surface area contributed by atoms with Crippen molar-refractivity contribution in [3.63, 3.8) is 0 Å². The first kappa shape index (κ1) is 24.2. The number of amides is 2. The van der Waals surface area contributed by atoms with E-state index in [1.54, 1.807) is 30.0 Å². The van der Waals surface area contributed by atoms with E-state index in [9.17, 15) is 9.59 Å². The molecule has 0 heterocycles. The summed E-state index contributed by atoms with van der Waals surface area (Å²) in [7, 11) is 0. The van der Waals surface area contributed by atoms with Crippen LogP contribution in [0.1, 0.15) is 49.4 Å². The molecule has 0 fully saturated rings. The number of carbonyl (C=O) groups is 2. The molecule has 2 amide bonds. The molecule has 4 nitrogen and oxygen atoms in total. The maximum atomic E-state index is 13.4. The molecule has 0 aliphatic heterocycles. The number of hydrogen-bond donors (Lipinski definition) is 1. The Labute approximate surface area is 189 Å². The van der Waals surface area contributed by atoms with Gasteiger partial charge in [0.2, 0.25) is 11.8 Å². The highest BCUT2D eigenvalue weighted by Crippen LogP contribution is 2.27. The van der Waals surface area contributed by atoms with Crippen molar-refractivity contribution >= 4 is 35.0 Å². The molecule has 162 valence electrons. The van der Waals surface area contributed by atoms with Crippen molar-refractivity contribution in [1.29, 1.82) is 0 Å². The molecule has 2 aromatic rings. The van der Waals surface area contributed by atoms with E-state index in [4.69, 9.17) is 23.2 Å². The molecule has 0 bridgehead atoms. The minimum Gasteiger partial charge on any atom is -0.352 e. The molecule has 0 aliphatic rings. The van der Waals surface area contributed by atoms with Crippen molar-refractivity contribution in [3.8, 4) is 0 Å². The molecule has 0 saturated heterocycles. The van der Waals surface area contributed by atoms with Gasteiger partial charge in [0.25, 0.3) is 0 Å². The lowest BCUT2D eigenvalue weighted by Gasteiger charge is -2.30. The Balaban J connectivity index is 2.35. The van der Waals surface area contributed by atoms with Gasteiger partial charge in [0.05, 0.1) is 6.42 Å². The van der Waals surface area contributed by atoms with Crippen molar-refractivity contribution in [3.05, 3.63) is 68.7 Å². The summed E-state index contributed by atoms with van der Waals surface area (Å²) in [6, 6.07) is 10.6. The van der Waals surface area contributed by atoms with E-state index in [0.29, 0.717) is 15.6 Å². The zero-order chi connectivity index (χ0) is 22.4. The van der Waals surface area contributed by atoms with Gasteiger partial charge >= 0.3 is 0 Å². The summed E-state index contributed by atoms with van der Waals surface area (Å²) in [5.41, 5.74) is 3.72. The minimum atomic E-state index is -0.663. The molecule has 1 N–H and O–H groups in total. The van der Waals surface area contributed by atoms with Crippen LogP contribution >= 0.6 is 23.2 Å². The van der Waals surface area contributed by atoms with Crippen LogP contribution in [0.4, 0.5) is 0 Å². The van der Waals surface area contributed by atoms with Crippen molar-refractivity contribution in [2.45, 2.75) is 66.1 Å². The van der Waals surface area contributed by atoms with Gasteiger partial charge in [-0.3, -0.25) is 9.59 Å². The molecule has 30 heavy (non-hydrogen) atoms. The molecule has 2 atom stereocenters. The lowest BCUT2D eigenvalue weighted by atomic mass is 10.0. The lowest BCUT2D eigenvalue weighted by Crippen LogP contribution is -2.50. The van der Waals surface area contributed by atoms with Gasteiger partial charge in [-0.25, -0.2) is 0 Å². The quantitative estimate of drug-likeness (QED) is 0.580. The predicted octanol–water partition coefficient (Wildman–Crippen LogP) is 5.48. The van der Waals surface area contributed by atoms with E-state index in [1.165, 1.54) is 0 Å². The van der Waals surface area contributed by atoms with Gasteiger partial charge < -0.3 is 10.2 Å². The number of nitrogens with zero attached hydrogens (tertiary/aromatic N) is 1. The lowest BCUT2D eigenvalue weighted by molar-refractivity contribution is -0.140. The SMILES string of the molecule is CC[C@H](C)NC(=O)[C@@H](C)N(Cc1c(Cl)cccc1Cl)C(=O)Cc1cc(C)ccc1C. The van der Waals surface area contributed by atoms with Gasteiger partial charge in [-0.2, -0.15) is 0 Å². The van der Waals surface area contributed by atoms with Gasteiger partial charge in [-0.05, 0) is 57.4 Å². The van der Waals surface area contributed by atoms with Gasteiger partial charge in [0.1, 0.15) is 6.04 Å². The van der Waals surface area contributed by atoms with E-state index < -0.39 is 6.04 Å². The first-order valence-corrected chi connectivity index (χ1v) is 11.0. The van der Waals surface area contributed by atoms with E-state index in [0.717, 1.165) is 23.1 Å². The van der Waals surface area contributed by atoms with Crippen LogP contribution in [0.2, 0.25) is 10.0 Å². The molecule has 0 radical (unpaired) electrons. The second-order valence-corrected chi connectivity index (χ2v) is 8.64. The highest BCUT2D eigenvalue weighted by Gasteiger charge is 2.28. The second-order valence-electron chi connectivity index (χ2n) is 7.82. The smallest absolute Gasteiger partial charge is 0.242 e. The number of rotatable bonds is 8. The van der Waals surface area contributed by atoms with Gasteiger partial charge in [-0.15, -0.1) is 0 Å². The summed E-state index contributed by atoms with van der Waals surface area (Å²) in [5.74, 6) is -0.340.